The number of primary amides is 2. The maximum Gasteiger partial charge on any atom is 0.336 e. The number of methoxy groups -OCH3 is 3. The first kappa shape index (κ1) is 105. The minimum absolute atomic E-state index is 0.153. The van der Waals surface area contributed by atoms with Gasteiger partial charge in [0.25, 0.3) is 11.8 Å². The van der Waals surface area contributed by atoms with Gasteiger partial charge >= 0.3 is 5.63 Å². The molecule has 35 heteroatoms. The summed E-state index contributed by atoms with van der Waals surface area (Å²) in [4.78, 5) is 45.9. The molecule has 2 amide bonds. The Kier molecular flexibility index (Phi) is 38.4. The number of nitrogens with one attached hydrogen (secondary N) is 3. The Labute approximate surface area is 830 Å². The fourth-order valence-corrected chi connectivity index (χ4v) is 13.8. The molecule has 8 aromatic heterocycles. The number of anilines is 10. The molecule has 34 nitrogen and oxygen atoms in total. The Hall–Kier alpha value is -20.6. The van der Waals surface area contributed by atoms with Crippen LogP contribution in [0.5, 0.6) is 28.7 Å². The van der Waals surface area contributed by atoms with Crippen molar-refractivity contribution >= 4 is 168 Å². The van der Waals surface area contributed by atoms with Crippen LogP contribution in [0.1, 0.15) is 65.6 Å². The summed E-state index contributed by atoms with van der Waals surface area (Å²) in [5, 5.41) is 49.9. The van der Waals surface area contributed by atoms with E-state index in [1.807, 2.05) is 184 Å². The van der Waals surface area contributed by atoms with E-state index in [9.17, 15) is 14.4 Å². The maximum absolute atomic E-state index is 10.8. The highest BCUT2D eigenvalue weighted by molar-refractivity contribution is 7.00. The Bertz CT molecular complexity index is 8080. The lowest BCUT2D eigenvalue weighted by Gasteiger charge is -2.19. The van der Waals surface area contributed by atoms with Crippen LogP contribution in [0.3, 0.4) is 0 Å². The third kappa shape index (κ3) is 30.2. The number of hydrogen-bond acceptors (Lipinski definition) is 30. The number of carbonyl (C=O) groups is 2. The monoisotopic (exact) mass is 1940 g/mol. The lowest BCUT2D eigenvalue weighted by molar-refractivity contribution is 0.0968. The van der Waals surface area contributed by atoms with E-state index in [0.29, 0.717) is 126 Å². The van der Waals surface area contributed by atoms with Crippen molar-refractivity contribution in [1.82, 2.24) is 28.7 Å². The number of nitrogens with zero attached hydrogens (tertiary/aromatic N) is 8. The lowest BCUT2D eigenvalue weighted by Crippen LogP contribution is -2.16. The highest BCUT2D eigenvalue weighted by Gasteiger charge is 2.15. The first-order valence-corrected chi connectivity index (χ1v) is 44.1. The predicted octanol–water partition coefficient (Wildman–Crippen LogP) is 19.6. The minimum atomic E-state index is -0.574. The van der Waals surface area contributed by atoms with Crippen molar-refractivity contribution in [3.63, 3.8) is 0 Å². The fraction of sp³-hybridized carbons (Fsp3) is 0.0734. The van der Waals surface area contributed by atoms with Gasteiger partial charge in [-0.1, -0.05) is 72.3 Å². The molecule has 724 valence electrons. The van der Waals surface area contributed by atoms with Crippen LogP contribution in [0.15, 0.2) is 334 Å². The van der Waals surface area contributed by atoms with Crippen LogP contribution < -0.4 is 98.1 Å². The second-order valence-electron chi connectivity index (χ2n) is 30.7. The number of para-hydroxylation sites is 3. The molecule has 0 atom stereocenters. The van der Waals surface area contributed by atoms with Gasteiger partial charge in [0.05, 0.1) is 107 Å². The highest BCUT2D eigenvalue weighted by atomic mass is 32.1. The van der Waals surface area contributed by atoms with Gasteiger partial charge in [-0.3, -0.25) is 14.6 Å². The molecule has 0 saturated carbocycles. The zero-order chi connectivity index (χ0) is 104. The number of aromatic nitrogens is 6. The summed E-state index contributed by atoms with van der Waals surface area (Å²) in [6, 6.07) is 96.7. The van der Waals surface area contributed by atoms with Crippen LogP contribution in [0.4, 0.5) is 56.9 Å². The number of nitriles is 5. The normalized spacial score (nSPS) is 10.2. The lowest BCUT2D eigenvalue weighted by atomic mass is 10.1. The molecule has 9 heterocycles. The van der Waals surface area contributed by atoms with Crippen LogP contribution in [-0.2, 0) is 0 Å². The minimum Gasteiger partial charge on any atom is -0.495 e. The SMILES string of the molecule is COc1cc(C#N)ccc1N.COc1cc(N)ccc1C#N.COc1cccc(N)c1C#N.Cc1c[nH]c2ccc(C#N)cc12.Cc1c[nH]c2ccccc12.Cc1ccc2oc(C(N)=O)cc2c1.N#Cc1ccc(N)cc1.NC(=O)c1cc2cc(N)ccc2o1.Nc1ccc2oc(=O)ccc2c1.Nc1cccc2[nH]ccc12.Nc1cccc2c1OCCO2.Nc1cccc2cccnc12.Nc1cccc2nsnc12. The summed E-state index contributed by atoms with van der Waals surface area (Å²) in [5.74, 6) is 2.27. The van der Waals surface area contributed by atoms with Gasteiger partial charge in [0.1, 0.15) is 75.9 Å². The molecule has 27 N–H and O–H groups in total. The number of nitrogens with two attached hydrogens (primary N) is 12. The molecular formula is C109H101N23O11S. The molecule has 0 bridgehead atoms. The number of fused-ring (bicyclic) bond motifs is 9. The van der Waals surface area contributed by atoms with Crippen molar-refractivity contribution in [2.45, 2.75) is 20.8 Å². The van der Waals surface area contributed by atoms with E-state index in [1.54, 1.807) is 146 Å². The summed E-state index contributed by atoms with van der Waals surface area (Å²) in [7, 11) is 4.54. The Morgan fingerprint density at radius 1 is 0.382 bits per heavy atom. The molecule has 0 aliphatic carbocycles. The molecule has 144 heavy (non-hydrogen) atoms. The van der Waals surface area contributed by atoms with Crippen LogP contribution in [-0.4, -0.2) is 75.0 Å². The molecule has 13 aromatic carbocycles. The summed E-state index contributed by atoms with van der Waals surface area (Å²) in [6.07, 6.45) is 7.62. The average molecular weight is 1940 g/mol. The van der Waals surface area contributed by atoms with E-state index in [1.165, 1.54) is 61.2 Å². The largest absolute Gasteiger partial charge is 0.495 e. The number of benzene rings is 13. The second-order valence-corrected chi connectivity index (χ2v) is 31.2. The number of H-pyrrole nitrogens is 3. The molecule has 22 rings (SSSR count). The quantitative estimate of drug-likeness (QED) is 0.0562. The summed E-state index contributed by atoms with van der Waals surface area (Å²) >= 11 is 1.19. The van der Waals surface area contributed by atoms with E-state index in [-0.39, 0.29) is 17.1 Å². The molecular weight excluding hydrogens is 1840 g/mol. The number of amides is 2. The van der Waals surface area contributed by atoms with Crippen molar-refractivity contribution in [2.75, 3.05) is 91.9 Å². The maximum atomic E-state index is 10.8. The van der Waals surface area contributed by atoms with Gasteiger partial charge < -0.3 is 121 Å². The molecule has 0 fully saturated rings. The number of pyridine rings is 1. The molecule has 1 aliphatic rings. The molecule has 0 radical (unpaired) electrons. The van der Waals surface area contributed by atoms with Crippen LogP contribution in [0.25, 0.3) is 87.6 Å². The van der Waals surface area contributed by atoms with Crippen molar-refractivity contribution in [3.8, 4) is 59.1 Å². The summed E-state index contributed by atoms with van der Waals surface area (Å²) in [6.45, 7) is 7.31. The van der Waals surface area contributed by atoms with Crippen LogP contribution in [0, 0.1) is 77.4 Å². The number of ether oxygens (including phenoxy) is 5. The molecule has 0 unspecified atom stereocenters. The van der Waals surface area contributed by atoms with Crippen LogP contribution >= 0.6 is 11.7 Å². The fourth-order valence-electron chi connectivity index (χ4n) is 13.2. The van der Waals surface area contributed by atoms with E-state index in [0.717, 1.165) is 82.6 Å². The van der Waals surface area contributed by atoms with Crippen molar-refractivity contribution < 1.29 is 46.5 Å². The van der Waals surface area contributed by atoms with Gasteiger partial charge in [-0.05, 0) is 238 Å². The summed E-state index contributed by atoms with van der Waals surface area (Å²) < 4.78 is 48.7. The smallest absolute Gasteiger partial charge is 0.336 e. The second kappa shape index (κ2) is 52.5. The van der Waals surface area contributed by atoms with Gasteiger partial charge in [0.2, 0.25) is 0 Å². The first-order chi connectivity index (χ1) is 69.4. The third-order valence-electron chi connectivity index (χ3n) is 20.5. The average Bonchev–Trinajstić information content (AvgIpc) is 1.61. The highest BCUT2D eigenvalue weighted by Crippen LogP contribution is 2.36. The molecule has 1 aliphatic heterocycles. The van der Waals surface area contributed by atoms with E-state index in [2.05, 4.69) is 59.9 Å². The van der Waals surface area contributed by atoms with Crippen molar-refractivity contribution in [1.29, 1.82) is 26.3 Å². The van der Waals surface area contributed by atoms with Crippen LogP contribution in [0.2, 0.25) is 0 Å². The predicted molar refractivity (Wildman–Crippen MR) is 571 cm³/mol. The van der Waals surface area contributed by atoms with Gasteiger partial charge in [-0.15, -0.1) is 0 Å². The zero-order valence-electron chi connectivity index (χ0n) is 78.8. The topological polar surface area (TPSA) is 654 Å². The molecule has 0 spiro atoms. The first-order valence-electron chi connectivity index (χ1n) is 43.4. The number of nitrogen functional groups attached to an aromatic ring is 10. The molecule has 21 aromatic rings. The number of carbonyl (C=O) groups excluding carboxylic acids is 2. The van der Waals surface area contributed by atoms with Crippen molar-refractivity contribution in [3.05, 3.63) is 382 Å². The zero-order valence-corrected chi connectivity index (χ0v) is 79.7. The van der Waals surface area contributed by atoms with Gasteiger partial charge in [0, 0.05) is 126 Å². The molecule has 0 saturated heterocycles. The number of rotatable bonds is 5. The number of aryl methyl sites for hydroxylation is 3. The summed E-state index contributed by atoms with van der Waals surface area (Å²) in [5.41, 5.74) is 86.2. The van der Waals surface area contributed by atoms with Gasteiger partial charge in [-0.2, -0.15) is 35.1 Å². The van der Waals surface area contributed by atoms with E-state index >= 15 is 0 Å². The van der Waals surface area contributed by atoms with E-state index in [4.69, 9.17) is 132 Å². The third-order valence-corrected chi connectivity index (χ3v) is 21.0. The standard InChI is InChI=1S/C10H8N2.C10H9NO2.C9H8N2O2.C9H8N2.C9H7NO2.C9H9N.3C8H8N2O.C8H8N2.C8H9NO2.C7H6N2.C6H5N3S/c1-7-6-12-10-3-2-8(5-11)4-9(7)10;1-6-2-3-8-7(4-6)5-9(13-8)10(11)12;10-6-1-2-7-5(3-6)4-8(13-7)9(11)12;10-8-5-1-3-7-4-2-6-11-9(7)8;10-7-2-3-8-6(5-7)1-4-9(11)12-8;1-7-6-10-9-5-3-2-4-8(7)9;1-11-8-4-7(10)3-2-6(8)5-9;1-11-8-4-6(5-9)2-3-7(8)10;1-11-8-4-2-3-7(10)6(8)5-9;9-7-2-1-3-8-6(7)4-5-10-8;9-6-2-1-3-7-8(6)11-5-4-10-7;8-5-6-1-3-7(9)4-2-6;7-4-2-1-3-5-6(4)9-10-8-5/h2-4,6,12H,1H3;2-5H,1H3,(H2,11,12);1-4H,10H2,(H2,11,12);1-6H,10H2;1-5H,10H2;2-6,10H,1H3;3*2-4H,10H2,1H3;1-5,10H,9H2;1-3H,4-5,9H2;1-4H,9H2;1-3H,7H2. The van der Waals surface area contributed by atoms with Gasteiger partial charge in [0.15, 0.2) is 23.0 Å². The Morgan fingerprint density at radius 2 is 0.910 bits per heavy atom. The van der Waals surface area contributed by atoms with Gasteiger partial charge in [-0.25, -0.2) is 4.79 Å². The Morgan fingerprint density at radius 3 is 1.53 bits per heavy atom. The Balaban J connectivity index is 0.000000160. The number of aromatic amines is 3. The number of furan rings is 2. The van der Waals surface area contributed by atoms with Crippen molar-refractivity contribution in [2.24, 2.45) is 11.5 Å². The van der Waals surface area contributed by atoms with E-state index < -0.39 is 11.8 Å². The number of hydrogen-bond donors (Lipinski definition) is 15.